The third kappa shape index (κ3) is 2.69. The lowest BCUT2D eigenvalue weighted by molar-refractivity contribution is 0.0702. The molecule has 0 aliphatic rings. The second-order valence-electron chi connectivity index (χ2n) is 3.22. The number of nitrogens with zero attached hydrogens (tertiary/aromatic N) is 1. The van der Waals surface area contributed by atoms with E-state index in [1.165, 1.54) is 12.1 Å². The highest BCUT2D eigenvalue weighted by Gasteiger charge is 2.16. The van der Waals surface area contributed by atoms with Gasteiger partial charge in [-0.2, -0.15) is 4.37 Å². The first-order valence-electron chi connectivity index (χ1n) is 4.74. The molecule has 1 heterocycles. The van der Waals surface area contributed by atoms with Crippen molar-refractivity contribution in [1.82, 2.24) is 4.37 Å². The molecule has 2 aromatic rings. The summed E-state index contributed by atoms with van der Waals surface area (Å²) in [6.07, 6.45) is 0. The van der Waals surface area contributed by atoms with Gasteiger partial charge in [0.2, 0.25) is 0 Å². The molecule has 0 spiro atoms. The van der Waals surface area contributed by atoms with Crippen LogP contribution in [0, 0.1) is 5.82 Å². The van der Waals surface area contributed by atoms with E-state index in [0.717, 1.165) is 18.2 Å². The molecule has 2 rings (SSSR count). The Morgan fingerprint density at radius 2 is 1.94 bits per heavy atom. The van der Waals surface area contributed by atoms with Crippen LogP contribution in [-0.4, -0.2) is 21.4 Å². The molecule has 0 fully saturated rings. The van der Waals surface area contributed by atoms with Gasteiger partial charge in [0.1, 0.15) is 16.4 Å². The van der Waals surface area contributed by atoms with E-state index in [-0.39, 0.29) is 16.3 Å². The van der Waals surface area contributed by atoms with E-state index in [2.05, 4.69) is 4.37 Å². The normalized spacial score (nSPS) is 10.1. The number of hydrogen-bond donors (Lipinski definition) is 1. The molecule has 0 saturated carbocycles. The summed E-state index contributed by atoms with van der Waals surface area (Å²) in [6.45, 7) is 0. The Bertz CT molecular complexity index is 593. The third-order valence-corrected chi connectivity index (χ3v) is 2.73. The van der Waals surface area contributed by atoms with Crippen molar-refractivity contribution >= 4 is 23.5 Å². The Balaban J connectivity index is 2.11. The summed E-state index contributed by atoms with van der Waals surface area (Å²) in [4.78, 5) is 22.1. The van der Waals surface area contributed by atoms with Crippen LogP contribution in [0.1, 0.15) is 20.2 Å². The minimum atomic E-state index is -1.16. The van der Waals surface area contributed by atoms with Crippen molar-refractivity contribution in [3.63, 3.8) is 0 Å². The molecule has 0 saturated heterocycles. The monoisotopic (exact) mass is 267 g/mol. The van der Waals surface area contributed by atoms with Crippen LogP contribution in [0.3, 0.4) is 0 Å². The maximum absolute atomic E-state index is 12.6. The smallest absolute Gasteiger partial charge is 0.363 e. The highest BCUT2D eigenvalue weighted by atomic mass is 32.1. The molecule has 0 bridgehead atoms. The number of aromatic carboxylic acids is 1. The topological polar surface area (TPSA) is 76.5 Å². The molecule has 1 N–H and O–H groups in total. The van der Waals surface area contributed by atoms with E-state index in [4.69, 9.17) is 9.84 Å². The van der Waals surface area contributed by atoms with Gasteiger partial charge in [0.05, 0.1) is 0 Å². The molecule has 0 unspecified atom stereocenters. The summed E-state index contributed by atoms with van der Waals surface area (Å²) in [6, 6.07) is 5.99. The number of hydrogen-bond acceptors (Lipinski definition) is 5. The van der Waals surface area contributed by atoms with Crippen LogP contribution in [0.25, 0.3) is 0 Å². The lowest BCUT2D eigenvalue weighted by Gasteiger charge is -2.00. The minimum Gasteiger partial charge on any atom is -0.477 e. The number of esters is 1. The quantitative estimate of drug-likeness (QED) is 0.681. The van der Waals surface area contributed by atoms with Gasteiger partial charge in [-0.3, -0.25) is 0 Å². The van der Waals surface area contributed by atoms with Crippen molar-refractivity contribution in [2.45, 2.75) is 0 Å². The van der Waals surface area contributed by atoms with E-state index in [1.807, 2.05) is 0 Å². The van der Waals surface area contributed by atoms with Crippen LogP contribution in [0.15, 0.2) is 30.3 Å². The Hall–Kier alpha value is -2.28. The van der Waals surface area contributed by atoms with Crippen LogP contribution in [0.2, 0.25) is 0 Å². The standard InChI is InChI=1S/C11H6FNO4S/c12-6-1-3-7(4-2-6)17-11(16)8-5-9(10(14)15)18-13-8/h1-5H,(H,14,15). The van der Waals surface area contributed by atoms with Gasteiger partial charge in [-0.05, 0) is 41.9 Å². The number of carbonyl (C=O) groups is 2. The van der Waals surface area contributed by atoms with Crippen LogP contribution < -0.4 is 4.74 Å². The maximum Gasteiger partial charge on any atom is 0.363 e. The van der Waals surface area contributed by atoms with Crippen molar-refractivity contribution in [3.05, 3.63) is 46.7 Å². The summed E-state index contributed by atoms with van der Waals surface area (Å²) < 4.78 is 21.2. The van der Waals surface area contributed by atoms with Crippen LogP contribution in [0.4, 0.5) is 4.39 Å². The molecule has 5 nitrogen and oxygen atoms in total. The van der Waals surface area contributed by atoms with Crippen molar-refractivity contribution < 1.29 is 23.8 Å². The fourth-order valence-electron chi connectivity index (χ4n) is 1.13. The molecule has 0 aliphatic carbocycles. The lowest BCUT2D eigenvalue weighted by atomic mass is 10.3. The molecule has 0 radical (unpaired) electrons. The molecular weight excluding hydrogens is 261 g/mol. The summed E-state index contributed by atoms with van der Waals surface area (Å²) >= 11 is 0.689. The summed E-state index contributed by atoms with van der Waals surface area (Å²) in [5, 5.41) is 8.68. The highest BCUT2D eigenvalue weighted by molar-refractivity contribution is 7.08. The SMILES string of the molecule is O=C(Oc1ccc(F)cc1)c1cc(C(=O)O)sn1. The fraction of sp³-hybridized carbons (Fsp3) is 0. The van der Waals surface area contributed by atoms with Gasteiger partial charge in [-0.25, -0.2) is 14.0 Å². The second-order valence-corrected chi connectivity index (χ2v) is 4.03. The van der Waals surface area contributed by atoms with E-state index in [1.54, 1.807) is 0 Å². The zero-order valence-electron chi connectivity index (χ0n) is 8.79. The van der Waals surface area contributed by atoms with Gasteiger partial charge in [0, 0.05) is 0 Å². The molecule has 0 aliphatic heterocycles. The largest absolute Gasteiger partial charge is 0.477 e. The maximum atomic E-state index is 12.6. The number of benzene rings is 1. The molecule has 0 amide bonds. The molecule has 1 aromatic carbocycles. The van der Waals surface area contributed by atoms with Crippen molar-refractivity contribution in [1.29, 1.82) is 0 Å². The fourth-order valence-corrected chi connectivity index (χ4v) is 1.70. The van der Waals surface area contributed by atoms with Crippen molar-refractivity contribution in [3.8, 4) is 5.75 Å². The average Bonchev–Trinajstić information content (AvgIpc) is 2.81. The number of aromatic nitrogens is 1. The van der Waals surface area contributed by atoms with Gasteiger partial charge < -0.3 is 9.84 Å². The Kier molecular flexibility index (Phi) is 3.33. The van der Waals surface area contributed by atoms with Gasteiger partial charge in [0.25, 0.3) is 0 Å². The van der Waals surface area contributed by atoms with Gasteiger partial charge in [-0.1, -0.05) is 0 Å². The first kappa shape index (κ1) is 12.2. The average molecular weight is 267 g/mol. The summed E-state index contributed by atoms with van der Waals surface area (Å²) in [5.74, 6) is -2.23. The second kappa shape index (κ2) is 4.92. The van der Waals surface area contributed by atoms with E-state index in [9.17, 15) is 14.0 Å². The van der Waals surface area contributed by atoms with E-state index >= 15 is 0 Å². The van der Waals surface area contributed by atoms with Crippen LogP contribution in [0.5, 0.6) is 5.75 Å². The number of halogens is 1. The molecule has 0 atom stereocenters. The summed E-state index contributed by atoms with van der Waals surface area (Å²) in [5.41, 5.74) is -0.0956. The van der Waals surface area contributed by atoms with Crippen LogP contribution >= 0.6 is 11.5 Å². The third-order valence-electron chi connectivity index (χ3n) is 1.95. The number of carboxylic acid groups (broad SMARTS) is 1. The zero-order chi connectivity index (χ0) is 13.1. The summed E-state index contributed by atoms with van der Waals surface area (Å²) in [7, 11) is 0. The predicted molar refractivity (Wildman–Crippen MR) is 60.4 cm³/mol. The number of rotatable bonds is 3. The van der Waals surface area contributed by atoms with E-state index in [0.29, 0.717) is 11.5 Å². The molecule has 1 aromatic heterocycles. The van der Waals surface area contributed by atoms with Crippen molar-refractivity contribution in [2.24, 2.45) is 0 Å². The number of carboxylic acids is 1. The van der Waals surface area contributed by atoms with Gasteiger partial charge in [0.15, 0.2) is 5.69 Å². The Labute approximate surface area is 105 Å². The first-order chi connectivity index (χ1) is 8.56. The predicted octanol–water partition coefficient (Wildman–Crippen LogP) is 2.20. The van der Waals surface area contributed by atoms with Crippen LogP contribution in [-0.2, 0) is 0 Å². The lowest BCUT2D eigenvalue weighted by Crippen LogP contribution is -2.08. The zero-order valence-corrected chi connectivity index (χ0v) is 9.61. The van der Waals surface area contributed by atoms with Gasteiger partial charge in [-0.15, -0.1) is 0 Å². The molecular formula is C11H6FNO4S. The number of ether oxygens (including phenoxy) is 1. The molecule has 7 heteroatoms. The Morgan fingerprint density at radius 3 is 2.50 bits per heavy atom. The minimum absolute atomic E-state index is 0.0546. The molecule has 18 heavy (non-hydrogen) atoms. The Morgan fingerprint density at radius 1 is 1.28 bits per heavy atom. The molecule has 92 valence electrons. The van der Waals surface area contributed by atoms with Gasteiger partial charge >= 0.3 is 11.9 Å². The van der Waals surface area contributed by atoms with E-state index < -0.39 is 17.8 Å². The highest BCUT2D eigenvalue weighted by Crippen LogP contribution is 2.15. The first-order valence-corrected chi connectivity index (χ1v) is 5.51. The van der Waals surface area contributed by atoms with Crippen molar-refractivity contribution in [2.75, 3.05) is 0 Å². The number of carbonyl (C=O) groups excluding carboxylic acids is 1.